The summed E-state index contributed by atoms with van der Waals surface area (Å²) in [6, 6.07) is 3.53. The Hall–Kier alpha value is -4.78. The van der Waals surface area contributed by atoms with Crippen LogP contribution in [0.15, 0.2) is 58.8 Å². The summed E-state index contributed by atoms with van der Waals surface area (Å²) in [5.74, 6) is -11.3. The van der Waals surface area contributed by atoms with Crippen molar-refractivity contribution in [2.75, 3.05) is 14.1 Å². The number of nitrogens with zero attached hydrogens (tertiary/aromatic N) is 1. The molecule has 18 heteroatoms. The molecule has 250 valence electrons. The van der Waals surface area contributed by atoms with Crippen LogP contribution in [-0.2, 0) is 24.5 Å². The number of carboxylic acids is 1. The van der Waals surface area contributed by atoms with Gasteiger partial charge >= 0.3 is 5.97 Å². The number of aliphatic hydroxyl groups is 4. The fourth-order valence-electron chi connectivity index (χ4n) is 6.10. The Morgan fingerprint density at radius 3 is 2.09 bits per heavy atom. The molecule has 3 aliphatic carbocycles. The molecule has 2 aromatic carbocycles. The van der Waals surface area contributed by atoms with Gasteiger partial charge in [-0.25, -0.2) is 4.79 Å². The van der Waals surface area contributed by atoms with Crippen LogP contribution in [0.4, 0.5) is 0 Å². The second kappa shape index (κ2) is 11.8. The van der Waals surface area contributed by atoms with E-state index in [0.29, 0.717) is 6.07 Å². The first-order valence-corrected chi connectivity index (χ1v) is 15.0. The smallest absolute Gasteiger partial charge is 0.339 e. The summed E-state index contributed by atoms with van der Waals surface area (Å²) in [5, 5.41) is 71.5. The quantitative estimate of drug-likeness (QED) is 0.0690. The van der Waals surface area contributed by atoms with Gasteiger partial charge in [0.1, 0.15) is 28.4 Å². The summed E-state index contributed by atoms with van der Waals surface area (Å²) in [4.78, 5) is 51.0. The van der Waals surface area contributed by atoms with Crippen LogP contribution in [0.3, 0.4) is 0 Å². The summed E-state index contributed by atoms with van der Waals surface area (Å²) in [5.41, 5.74) is 0.00968. The van der Waals surface area contributed by atoms with Crippen LogP contribution in [0, 0.1) is 11.8 Å². The van der Waals surface area contributed by atoms with Crippen molar-refractivity contribution in [1.82, 2.24) is 4.90 Å². The molecule has 5 rings (SSSR count). The third kappa shape index (κ3) is 5.32. The van der Waals surface area contributed by atoms with E-state index >= 15 is 0 Å². The van der Waals surface area contributed by atoms with Crippen LogP contribution in [0.25, 0.3) is 11.3 Å². The average molecular weight is 695 g/mol. The third-order valence-corrected chi connectivity index (χ3v) is 9.32. The highest BCUT2D eigenvalue weighted by molar-refractivity contribution is 7.85. The number of halogens is 1. The number of carbonyl (C=O) groups is 4. The number of carbonyl (C=O) groups excluding carboxylic acids is 3. The Balaban J connectivity index is 0.000000300. The molecule has 5 atom stereocenters. The molecule has 0 amide bonds. The van der Waals surface area contributed by atoms with Crippen molar-refractivity contribution in [3.63, 3.8) is 0 Å². The molecule has 0 spiro atoms. The van der Waals surface area contributed by atoms with Crippen LogP contribution < -0.4 is 5.73 Å². The maximum atomic E-state index is 13.6. The number of hydrogen-bond donors (Lipinski definition) is 9. The normalized spacial score (nSPS) is 26.6. The number of phenolic OH excluding ortho intramolecular Hbond substituents is 1. The summed E-state index contributed by atoms with van der Waals surface area (Å²) in [6.45, 7) is 3.89. The largest absolute Gasteiger partial charge is 0.507 e. The van der Waals surface area contributed by atoms with Gasteiger partial charge in [0.05, 0.1) is 34.1 Å². The maximum absolute atomic E-state index is 13.6. The highest BCUT2D eigenvalue weighted by Crippen LogP contribution is 2.55. The first-order chi connectivity index (χ1) is 21.6. The molecule has 0 unspecified atom stereocenters. The molecule has 3 aliphatic rings. The lowest BCUT2D eigenvalue weighted by molar-refractivity contribution is -0.175. The van der Waals surface area contributed by atoms with Crippen molar-refractivity contribution in [2.24, 2.45) is 17.6 Å². The SMILES string of the molecule is C=C1c2c(Cl)ccc(O)c2C(O)=C2C(=O)[C@]3(O)C(=O)/C(=C(/N)O)C(=O)[C@@H](N(C)C)[C@@H]3[C@@H](O)[C@H]12.O=C(O)c1cc(S(=O)(=O)O)ccc1O. The van der Waals surface area contributed by atoms with Gasteiger partial charge < -0.3 is 41.5 Å². The molecule has 0 heterocycles. The molecule has 2 saturated carbocycles. The molecule has 0 aliphatic heterocycles. The molecule has 2 fully saturated rings. The average Bonchev–Trinajstić information content (AvgIpc) is 2.95. The zero-order chi connectivity index (χ0) is 35.7. The molecule has 0 aromatic heterocycles. The number of aromatic carboxylic acids is 1. The number of Topliss-reactive ketones (excluding diaryl/α,β-unsaturated/α-hetero) is 3. The summed E-state index contributed by atoms with van der Waals surface area (Å²) < 4.78 is 29.8. The third-order valence-electron chi connectivity index (χ3n) is 8.15. The minimum absolute atomic E-state index is 0.0435. The van der Waals surface area contributed by atoms with Gasteiger partial charge in [-0.2, -0.15) is 8.42 Å². The van der Waals surface area contributed by atoms with Crippen molar-refractivity contribution in [3.05, 3.63) is 75.7 Å². The van der Waals surface area contributed by atoms with Crippen molar-refractivity contribution < 1.29 is 67.9 Å². The van der Waals surface area contributed by atoms with Gasteiger partial charge in [-0.05, 0) is 50.0 Å². The van der Waals surface area contributed by atoms with Gasteiger partial charge in [0.25, 0.3) is 10.1 Å². The van der Waals surface area contributed by atoms with Crippen LogP contribution >= 0.6 is 11.6 Å². The molecule has 0 bridgehead atoms. The number of aromatic hydroxyl groups is 2. The minimum Gasteiger partial charge on any atom is -0.507 e. The Morgan fingerprint density at radius 1 is 1.00 bits per heavy atom. The van der Waals surface area contributed by atoms with Crippen LogP contribution in [0.1, 0.15) is 21.5 Å². The molecule has 10 N–H and O–H groups in total. The minimum atomic E-state index is -4.45. The van der Waals surface area contributed by atoms with Crippen molar-refractivity contribution in [3.8, 4) is 11.5 Å². The molecular formula is C29H27ClN2O14S. The molecule has 2 aromatic rings. The molecule has 16 nitrogen and oxygen atoms in total. The van der Waals surface area contributed by atoms with E-state index in [9.17, 15) is 53.1 Å². The van der Waals surface area contributed by atoms with Gasteiger partial charge in [0, 0.05) is 16.5 Å². The van der Waals surface area contributed by atoms with E-state index < -0.39 is 108 Å². The highest BCUT2D eigenvalue weighted by atomic mass is 35.5. The molecule has 0 radical (unpaired) electrons. The predicted molar refractivity (Wildman–Crippen MR) is 161 cm³/mol. The number of nitrogens with two attached hydrogens (primary N) is 1. The van der Waals surface area contributed by atoms with E-state index in [1.165, 1.54) is 31.1 Å². The van der Waals surface area contributed by atoms with E-state index in [0.717, 1.165) is 12.1 Å². The van der Waals surface area contributed by atoms with E-state index in [4.69, 9.17) is 32.1 Å². The van der Waals surface area contributed by atoms with E-state index in [1.807, 2.05) is 0 Å². The number of carboxylic acid groups (broad SMARTS) is 1. The number of hydrogen-bond acceptors (Lipinski definition) is 14. The van der Waals surface area contributed by atoms with Crippen molar-refractivity contribution in [1.29, 1.82) is 0 Å². The van der Waals surface area contributed by atoms with Gasteiger partial charge in [-0.3, -0.25) is 23.8 Å². The van der Waals surface area contributed by atoms with Gasteiger partial charge in [0.2, 0.25) is 11.6 Å². The summed E-state index contributed by atoms with van der Waals surface area (Å²) in [6.07, 6.45) is -1.77. The van der Waals surface area contributed by atoms with Gasteiger partial charge in [0.15, 0.2) is 17.3 Å². The zero-order valence-corrected chi connectivity index (χ0v) is 25.8. The number of rotatable bonds is 3. The lowest BCUT2D eigenvalue weighted by Crippen LogP contribution is -2.73. The maximum Gasteiger partial charge on any atom is 0.339 e. The summed E-state index contributed by atoms with van der Waals surface area (Å²) in [7, 11) is -1.61. The second-order valence-electron chi connectivity index (χ2n) is 11.0. The fourth-order valence-corrected chi connectivity index (χ4v) is 6.88. The Bertz CT molecular complexity index is 1960. The Kier molecular flexibility index (Phi) is 8.80. The first kappa shape index (κ1) is 35.1. The summed E-state index contributed by atoms with van der Waals surface area (Å²) >= 11 is 6.25. The van der Waals surface area contributed by atoms with Gasteiger partial charge in [-0.15, -0.1) is 0 Å². The predicted octanol–water partition coefficient (Wildman–Crippen LogP) is 0.396. The number of phenols is 2. The molecule has 0 saturated heterocycles. The van der Waals surface area contributed by atoms with E-state index in [2.05, 4.69) is 6.58 Å². The van der Waals surface area contributed by atoms with E-state index in [-0.39, 0.29) is 21.7 Å². The zero-order valence-electron chi connectivity index (χ0n) is 24.2. The Morgan fingerprint density at radius 2 is 1.57 bits per heavy atom. The molecular weight excluding hydrogens is 668 g/mol. The molecule has 47 heavy (non-hydrogen) atoms. The van der Waals surface area contributed by atoms with Gasteiger partial charge in [-0.1, -0.05) is 18.2 Å². The fraction of sp³-hybridized carbons (Fsp3) is 0.241. The lowest BCUT2D eigenvalue weighted by Gasteiger charge is -2.52. The van der Waals surface area contributed by atoms with E-state index in [1.54, 1.807) is 0 Å². The monoisotopic (exact) mass is 694 g/mol. The number of benzene rings is 2. The van der Waals surface area contributed by atoms with Crippen LogP contribution in [0.2, 0.25) is 5.02 Å². The number of fused-ring (bicyclic) bond motifs is 3. The number of aliphatic hydroxyl groups excluding tert-OH is 3. The standard InChI is InChI=1S/C22H21ClN2O8.C7H6O6S/c1-6-9-7(23)4-5-8(26)11(9)16(27)12-10(6)17(28)14-15(25(2)3)18(29)13(21(24)32)20(31)22(14,33)19(12)30;8-6-2-1-4(14(11,12)13)3-5(6)7(9)10/h4-5,10,14-15,17,26-28,32-33H,1,24H2,2-3H3;1-3,8H,(H,9,10)(H,11,12,13)/b21-13-;/t10-,14-,15+,17+,22+;/m1./s1. The van der Waals surface area contributed by atoms with Crippen LogP contribution in [-0.4, -0.2) is 109 Å². The topological polar surface area (TPSA) is 294 Å². The lowest BCUT2D eigenvalue weighted by atomic mass is 9.54. The van der Waals surface area contributed by atoms with Crippen LogP contribution in [0.5, 0.6) is 11.5 Å². The van der Waals surface area contributed by atoms with Crippen molar-refractivity contribution >= 4 is 56.4 Å². The van der Waals surface area contributed by atoms with Crippen molar-refractivity contribution in [2.45, 2.75) is 22.6 Å². The second-order valence-corrected chi connectivity index (χ2v) is 12.8. The highest BCUT2D eigenvalue weighted by Gasteiger charge is 2.69. The Labute approximate surface area is 270 Å². The number of ketones is 3. The first-order valence-electron chi connectivity index (χ1n) is 13.2. The number of likely N-dealkylation sites (N-methyl/N-ethyl adjacent to an activating group) is 1.